The number of amides is 3. The molecule has 2 saturated carbocycles. The minimum Gasteiger partial charge on any atom is -0.351 e. The Bertz CT molecular complexity index is 464. The van der Waals surface area contributed by atoms with E-state index in [-0.39, 0.29) is 34.9 Å². The molecule has 3 fully saturated rings. The van der Waals surface area contributed by atoms with Gasteiger partial charge >= 0.3 is 0 Å². The highest BCUT2D eigenvalue weighted by atomic mass is 32.2. The normalized spacial score (nSPS) is 29.3. The number of carbonyl (C=O) groups is 3. The average Bonchev–Trinajstić information content (AvgIpc) is 3.17. The lowest BCUT2D eigenvalue weighted by atomic mass is 9.89. The van der Waals surface area contributed by atoms with E-state index >= 15 is 0 Å². The maximum Gasteiger partial charge on any atom is 0.289 e. The molecule has 0 aromatic heterocycles. The Morgan fingerprint density at radius 1 is 1.13 bits per heavy atom. The lowest BCUT2D eigenvalue weighted by molar-refractivity contribution is -0.128. The number of hydrogen-bond acceptors (Lipinski definition) is 5. The average molecular weight is 357 g/mol. The minimum absolute atomic E-state index is 0.0468. The molecule has 7 heteroatoms. The first-order valence-electron chi connectivity index (χ1n) is 8.55. The fraction of sp³-hybridized carbons (Fsp3) is 0.812. The quantitative estimate of drug-likeness (QED) is 0.820. The van der Waals surface area contributed by atoms with E-state index in [1.165, 1.54) is 30.6 Å². The standard InChI is InChI=1S/C16H24N2O3S2/c19-14(9-22-11-5-1-2-6-11)17-12-7-3-4-8-13(12)18-15(20)10-23-16(18)21/h11-13H,1-10H2,(H,17,19)/t12-,13-/m0/s1. The molecule has 0 spiro atoms. The van der Waals surface area contributed by atoms with Crippen LogP contribution < -0.4 is 5.32 Å². The van der Waals surface area contributed by atoms with Crippen LogP contribution in [0.4, 0.5) is 4.79 Å². The number of rotatable bonds is 5. The summed E-state index contributed by atoms with van der Waals surface area (Å²) in [6.45, 7) is 0. The molecule has 2 aliphatic carbocycles. The van der Waals surface area contributed by atoms with Gasteiger partial charge in [0.15, 0.2) is 0 Å². The van der Waals surface area contributed by atoms with Crippen LogP contribution in [-0.2, 0) is 9.59 Å². The fourth-order valence-corrected chi connectivity index (χ4v) is 5.67. The molecule has 0 bridgehead atoms. The van der Waals surface area contributed by atoms with E-state index in [4.69, 9.17) is 0 Å². The van der Waals surface area contributed by atoms with E-state index < -0.39 is 0 Å². The molecule has 0 aromatic carbocycles. The van der Waals surface area contributed by atoms with Crippen LogP contribution in [0.25, 0.3) is 0 Å². The number of imide groups is 1. The maximum absolute atomic E-state index is 12.3. The van der Waals surface area contributed by atoms with Gasteiger partial charge in [0.2, 0.25) is 11.8 Å². The van der Waals surface area contributed by atoms with Crippen molar-refractivity contribution in [1.29, 1.82) is 0 Å². The zero-order chi connectivity index (χ0) is 16.2. The van der Waals surface area contributed by atoms with Crippen LogP contribution in [0.3, 0.4) is 0 Å². The molecule has 1 N–H and O–H groups in total. The molecule has 1 saturated heterocycles. The Kier molecular flexibility index (Phi) is 5.91. The van der Waals surface area contributed by atoms with Crippen LogP contribution >= 0.6 is 23.5 Å². The lowest BCUT2D eigenvalue weighted by Gasteiger charge is -2.36. The molecule has 23 heavy (non-hydrogen) atoms. The summed E-state index contributed by atoms with van der Waals surface area (Å²) >= 11 is 2.83. The molecule has 2 atom stereocenters. The number of nitrogens with zero attached hydrogens (tertiary/aromatic N) is 1. The van der Waals surface area contributed by atoms with E-state index in [9.17, 15) is 14.4 Å². The number of hydrogen-bond donors (Lipinski definition) is 1. The van der Waals surface area contributed by atoms with Gasteiger partial charge in [-0.25, -0.2) is 0 Å². The molecule has 0 radical (unpaired) electrons. The third-order valence-electron chi connectivity index (χ3n) is 4.94. The summed E-state index contributed by atoms with van der Waals surface area (Å²) < 4.78 is 0. The van der Waals surface area contributed by atoms with Crippen LogP contribution in [0.5, 0.6) is 0 Å². The largest absolute Gasteiger partial charge is 0.351 e. The second-order valence-corrected chi connectivity index (χ2v) is 8.78. The first-order valence-corrected chi connectivity index (χ1v) is 10.6. The zero-order valence-corrected chi connectivity index (χ0v) is 14.9. The third kappa shape index (κ3) is 4.24. The Hall–Kier alpha value is -0.690. The molecule has 128 valence electrons. The summed E-state index contributed by atoms with van der Waals surface area (Å²) in [5, 5.41) is 3.57. The van der Waals surface area contributed by atoms with E-state index in [0.717, 1.165) is 37.4 Å². The molecule has 3 amide bonds. The summed E-state index contributed by atoms with van der Waals surface area (Å²) in [5.41, 5.74) is 0. The van der Waals surface area contributed by atoms with Crippen molar-refractivity contribution in [2.75, 3.05) is 11.5 Å². The number of carbonyl (C=O) groups excluding carboxylic acids is 3. The Labute approximate surface area is 145 Å². The molecule has 0 aromatic rings. The van der Waals surface area contributed by atoms with Gasteiger partial charge in [0.25, 0.3) is 5.24 Å². The summed E-state index contributed by atoms with van der Waals surface area (Å²) in [6, 6.07) is -0.230. The van der Waals surface area contributed by atoms with Crippen LogP contribution in [0.1, 0.15) is 51.4 Å². The molecule has 0 unspecified atom stereocenters. The molecule has 3 aliphatic rings. The van der Waals surface area contributed by atoms with Crippen molar-refractivity contribution in [3.63, 3.8) is 0 Å². The number of thioether (sulfide) groups is 2. The summed E-state index contributed by atoms with van der Waals surface area (Å²) in [7, 11) is 0. The van der Waals surface area contributed by atoms with Gasteiger partial charge in [0.1, 0.15) is 0 Å². The topological polar surface area (TPSA) is 66.5 Å². The van der Waals surface area contributed by atoms with Gasteiger partial charge in [0.05, 0.1) is 17.5 Å². The van der Waals surface area contributed by atoms with E-state index in [2.05, 4.69) is 5.32 Å². The first kappa shape index (κ1) is 17.1. The highest BCUT2D eigenvalue weighted by Gasteiger charge is 2.41. The Morgan fingerprint density at radius 3 is 2.52 bits per heavy atom. The van der Waals surface area contributed by atoms with Crippen LogP contribution in [0.2, 0.25) is 0 Å². The Morgan fingerprint density at radius 2 is 1.83 bits per heavy atom. The predicted molar refractivity (Wildman–Crippen MR) is 93.6 cm³/mol. The van der Waals surface area contributed by atoms with Crippen LogP contribution in [0.15, 0.2) is 0 Å². The SMILES string of the molecule is O=C(CSC1CCCC1)N[C@H]1CCCC[C@@H]1N1C(=O)CSC1=O. The van der Waals surface area contributed by atoms with Crippen molar-refractivity contribution in [3.05, 3.63) is 0 Å². The van der Waals surface area contributed by atoms with Crippen LogP contribution in [-0.4, -0.2) is 50.8 Å². The van der Waals surface area contributed by atoms with Gasteiger partial charge in [-0.2, -0.15) is 0 Å². The minimum atomic E-state index is -0.154. The highest BCUT2D eigenvalue weighted by Crippen LogP contribution is 2.31. The fourth-order valence-electron chi connectivity index (χ4n) is 3.77. The van der Waals surface area contributed by atoms with Crippen molar-refractivity contribution in [2.45, 2.75) is 68.7 Å². The monoisotopic (exact) mass is 356 g/mol. The molecule has 1 heterocycles. The van der Waals surface area contributed by atoms with Crippen molar-refractivity contribution >= 4 is 40.6 Å². The third-order valence-corrected chi connectivity index (χ3v) is 7.15. The van der Waals surface area contributed by atoms with E-state index in [1.807, 2.05) is 0 Å². The smallest absolute Gasteiger partial charge is 0.289 e. The van der Waals surface area contributed by atoms with Gasteiger partial charge < -0.3 is 5.32 Å². The van der Waals surface area contributed by atoms with Gasteiger partial charge in [0, 0.05) is 11.3 Å². The Balaban J connectivity index is 1.54. The molecule has 3 rings (SSSR count). The molecular weight excluding hydrogens is 332 g/mol. The number of nitrogens with one attached hydrogen (secondary N) is 1. The van der Waals surface area contributed by atoms with E-state index in [0.29, 0.717) is 11.0 Å². The van der Waals surface area contributed by atoms with Gasteiger partial charge in [-0.15, -0.1) is 11.8 Å². The second kappa shape index (κ2) is 7.92. The van der Waals surface area contributed by atoms with Crippen molar-refractivity contribution in [2.24, 2.45) is 0 Å². The molecule has 1 aliphatic heterocycles. The highest BCUT2D eigenvalue weighted by molar-refractivity contribution is 8.14. The van der Waals surface area contributed by atoms with Gasteiger partial charge in [-0.05, 0) is 25.7 Å². The maximum atomic E-state index is 12.3. The summed E-state index contributed by atoms with van der Waals surface area (Å²) in [5.74, 6) is 0.676. The lowest BCUT2D eigenvalue weighted by Crippen LogP contribution is -2.55. The van der Waals surface area contributed by atoms with E-state index in [1.54, 1.807) is 11.8 Å². The van der Waals surface area contributed by atoms with Crippen LogP contribution in [0, 0.1) is 0 Å². The van der Waals surface area contributed by atoms with Crippen molar-refractivity contribution < 1.29 is 14.4 Å². The summed E-state index contributed by atoms with van der Waals surface area (Å²) in [4.78, 5) is 37.6. The van der Waals surface area contributed by atoms with Crippen molar-refractivity contribution in [1.82, 2.24) is 10.2 Å². The first-order chi connectivity index (χ1) is 11.1. The zero-order valence-electron chi connectivity index (χ0n) is 13.3. The summed E-state index contributed by atoms with van der Waals surface area (Å²) in [6.07, 6.45) is 8.71. The predicted octanol–water partition coefficient (Wildman–Crippen LogP) is 2.79. The van der Waals surface area contributed by atoms with Crippen molar-refractivity contribution in [3.8, 4) is 0 Å². The molecular formula is C16H24N2O3S2. The van der Waals surface area contributed by atoms with Gasteiger partial charge in [-0.3, -0.25) is 19.3 Å². The second-order valence-electron chi connectivity index (χ2n) is 6.56. The van der Waals surface area contributed by atoms with Gasteiger partial charge in [-0.1, -0.05) is 37.4 Å². The molecule has 5 nitrogen and oxygen atoms in total.